The maximum Gasteiger partial charge on any atom is 0.134 e. The number of hydrogen-bond donors (Lipinski definition) is 0. The van der Waals surface area contributed by atoms with Crippen LogP contribution in [0.5, 0.6) is 0 Å². The Bertz CT molecular complexity index is 2770. The molecule has 3 aromatic heterocycles. The zero-order chi connectivity index (χ0) is 33.7. The minimum atomic E-state index is 0.624. The van der Waals surface area contributed by atoms with E-state index in [1.807, 2.05) is 12.1 Å². The van der Waals surface area contributed by atoms with Crippen molar-refractivity contribution in [2.45, 2.75) is 6.42 Å². The Morgan fingerprint density at radius 3 is 1.33 bits per heavy atom. The molecule has 7 aromatic carbocycles. The van der Waals surface area contributed by atoms with Gasteiger partial charge in [0, 0.05) is 50.5 Å². The number of aromatic nitrogens is 4. The second-order valence-corrected chi connectivity index (χ2v) is 13.1. The summed E-state index contributed by atoms with van der Waals surface area (Å²) in [5, 5.41) is 4.96. The minimum Gasteiger partial charge on any atom is -0.309 e. The molecular formula is C47H32N4. The average Bonchev–Trinajstić information content (AvgIpc) is 3.71. The predicted molar refractivity (Wildman–Crippen MR) is 211 cm³/mol. The fourth-order valence-electron chi connectivity index (χ4n) is 7.65. The Balaban J connectivity index is 1.10. The number of rotatable bonds is 6. The van der Waals surface area contributed by atoms with Crippen molar-refractivity contribution in [2.24, 2.45) is 0 Å². The van der Waals surface area contributed by atoms with Crippen molar-refractivity contribution in [1.82, 2.24) is 19.1 Å². The van der Waals surface area contributed by atoms with Crippen LogP contribution in [-0.4, -0.2) is 19.1 Å². The summed E-state index contributed by atoms with van der Waals surface area (Å²) < 4.78 is 4.78. The van der Waals surface area contributed by atoms with Crippen LogP contribution in [0.2, 0.25) is 0 Å². The quantitative estimate of drug-likeness (QED) is 0.179. The van der Waals surface area contributed by atoms with E-state index in [1.165, 1.54) is 49.2 Å². The molecule has 0 N–H and O–H groups in total. The predicted octanol–water partition coefficient (Wildman–Crippen LogP) is 11.6. The summed E-state index contributed by atoms with van der Waals surface area (Å²) in [6.45, 7) is 0. The molecule has 0 amide bonds. The van der Waals surface area contributed by atoms with Gasteiger partial charge in [0.25, 0.3) is 0 Å². The lowest BCUT2D eigenvalue weighted by Gasteiger charge is -2.13. The number of nitrogens with zero attached hydrogens (tertiary/aromatic N) is 4. The molecule has 3 heterocycles. The van der Waals surface area contributed by atoms with E-state index in [9.17, 15) is 0 Å². The first-order valence-electron chi connectivity index (χ1n) is 17.4. The van der Waals surface area contributed by atoms with Crippen LogP contribution in [0.1, 0.15) is 11.4 Å². The summed E-state index contributed by atoms with van der Waals surface area (Å²) in [7, 11) is 0. The third-order valence-electron chi connectivity index (χ3n) is 9.94. The Morgan fingerprint density at radius 2 is 0.804 bits per heavy atom. The molecule has 240 valence electrons. The molecule has 4 heteroatoms. The van der Waals surface area contributed by atoms with E-state index in [2.05, 4.69) is 179 Å². The van der Waals surface area contributed by atoms with Gasteiger partial charge in [-0.1, -0.05) is 127 Å². The molecule has 0 radical (unpaired) electrons. The summed E-state index contributed by atoms with van der Waals surface area (Å²) in [4.78, 5) is 10.2. The summed E-state index contributed by atoms with van der Waals surface area (Å²) >= 11 is 0. The highest BCUT2D eigenvalue weighted by Gasteiger charge is 2.17. The van der Waals surface area contributed by atoms with Gasteiger partial charge in [0.1, 0.15) is 5.82 Å². The Morgan fingerprint density at radius 1 is 0.353 bits per heavy atom. The molecule has 0 saturated heterocycles. The minimum absolute atomic E-state index is 0.624. The van der Waals surface area contributed by atoms with Gasteiger partial charge < -0.3 is 9.13 Å². The molecule has 0 aliphatic carbocycles. The van der Waals surface area contributed by atoms with Gasteiger partial charge in [0.05, 0.1) is 33.5 Å². The van der Waals surface area contributed by atoms with Gasteiger partial charge in [0.2, 0.25) is 0 Å². The normalized spacial score (nSPS) is 11.6. The Labute approximate surface area is 295 Å². The van der Waals surface area contributed by atoms with Crippen molar-refractivity contribution in [2.75, 3.05) is 0 Å². The van der Waals surface area contributed by atoms with Crippen LogP contribution in [0.15, 0.2) is 182 Å². The summed E-state index contributed by atoms with van der Waals surface area (Å²) in [6.07, 6.45) is 0.624. The van der Waals surface area contributed by atoms with Gasteiger partial charge in [-0.3, -0.25) is 0 Å². The molecule has 0 aliphatic heterocycles. The Hall–Kier alpha value is -6.78. The molecule has 0 spiro atoms. The molecule has 0 unspecified atom stereocenters. The van der Waals surface area contributed by atoms with Gasteiger partial charge in [-0.05, 0) is 60.2 Å². The van der Waals surface area contributed by atoms with Gasteiger partial charge in [-0.2, -0.15) is 0 Å². The molecule has 51 heavy (non-hydrogen) atoms. The fourth-order valence-corrected chi connectivity index (χ4v) is 7.65. The third kappa shape index (κ3) is 5.00. The third-order valence-corrected chi connectivity index (χ3v) is 9.94. The molecule has 0 bridgehead atoms. The first kappa shape index (κ1) is 29.2. The van der Waals surface area contributed by atoms with E-state index in [-0.39, 0.29) is 0 Å². The van der Waals surface area contributed by atoms with E-state index in [0.717, 1.165) is 39.7 Å². The van der Waals surface area contributed by atoms with Crippen molar-refractivity contribution < 1.29 is 0 Å². The number of hydrogen-bond acceptors (Lipinski definition) is 2. The largest absolute Gasteiger partial charge is 0.309 e. The molecule has 0 saturated carbocycles. The zero-order valence-electron chi connectivity index (χ0n) is 27.8. The molecule has 10 aromatic rings. The van der Waals surface area contributed by atoms with Crippen LogP contribution in [0, 0.1) is 0 Å². The topological polar surface area (TPSA) is 35.6 Å². The summed E-state index contributed by atoms with van der Waals surface area (Å²) in [6, 6.07) is 64.6. The lowest BCUT2D eigenvalue weighted by atomic mass is 10.0. The number of fused-ring (bicyclic) bond motifs is 6. The summed E-state index contributed by atoms with van der Waals surface area (Å²) in [5.41, 5.74) is 12.2. The smallest absolute Gasteiger partial charge is 0.134 e. The maximum absolute atomic E-state index is 5.08. The van der Waals surface area contributed by atoms with Crippen LogP contribution in [0.25, 0.3) is 77.5 Å². The molecule has 0 aliphatic rings. The molecule has 4 nitrogen and oxygen atoms in total. The highest BCUT2D eigenvalue weighted by atomic mass is 15.0. The first-order valence-corrected chi connectivity index (χ1v) is 17.4. The molecule has 10 rings (SSSR count). The standard InChI is InChI=1S/C47H32N4/c1-3-14-33(15-4-1)41-31-42(34-16-5-2-6-17-34)49-47(48-41)29-32-26-27-46-40(28-32)39-22-9-12-25-45(39)51(46)36-19-13-18-35(30-36)50-43-23-10-7-20-37(43)38-21-8-11-24-44(38)50/h1-28,30-31H,29H2. The van der Waals surface area contributed by atoms with Crippen LogP contribution in [0.4, 0.5) is 0 Å². The van der Waals surface area contributed by atoms with Crippen LogP contribution < -0.4 is 0 Å². The Kier molecular flexibility index (Phi) is 6.85. The second-order valence-electron chi connectivity index (χ2n) is 13.1. The number of para-hydroxylation sites is 3. The van der Waals surface area contributed by atoms with E-state index >= 15 is 0 Å². The average molecular weight is 653 g/mol. The van der Waals surface area contributed by atoms with E-state index in [1.54, 1.807) is 0 Å². The first-order chi connectivity index (χ1) is 25.3. The van der Waals surface area contributed by atoms with Crippen LogP contribution >= 0.6 is 0 Å². The highest BCUT2D eigenvalue weighted by molar-refractivity contribution is 6.10. The van der Waals surface area contributed by atoms with Crippen LogP contribution in [-0.2, 0) is 6.42 Å². The molecule has 0 fully saturated rings. The van der Waals surface area contributed by atoms with Gasteiger partial charge >= 0.3 is 0 Å². The summed E-state index contributed by atoms with van der Waals surface area (Å²) in [5.74, 6) is 0.803. The van der Waals surface area contributed by atoms with Crippen molar-refractivity contribution >= 4 is 43.6 Å². The highest BCUT2D eigenvalue weighted by Crippen LogP contribution is 2.36. The zero-order valence-corrected chi connectivity index (χ0v) is 27.8. The van der Waals surface area contributed by atoms with Gasteiger partial charge in [-0.15, -0.1) is 0 Å². The lowest BCUT2D eigenvalue weighted by Crippen LogP contribution is -2.01. The molecular weight excluding hydrogens is 621 g/mol. The van der Waals surface area contributed by atoms with E-state index in [0.29, 0.717) is 6.42 Å². The van der Waals surface area contributed by atoms with Crippen LogP contribution in [0.3, 0.4) is 0 Å². The number of benzene rings is 7. The monoisotopic (exact) mass is 652 g/mol. The van der Waals surface area contributed by atoms with Crippen molar-refractivity contribution in [3.05, 3.63) is 193 Å². The molecule has 0 atom stereocenters. The fraction of sp³-hybridized carbons (Fsp3) is 0.0213. The van der Waals surface area contributed by atoms with Gasteiger partial charge in [-0.25, -0.2) is 9.97 Å². The maximum atomic E-state index is 5.08. The van der Waals surface area contributed by atoms with E-state index < -0.39 is 0 Å². The van der Waals surface area contributed by atoms with Crippen molar-refractivity contribution in [3.63, 3.8) is 0 Å². The second kappa shape index (κ2) is 12.0. The van der Waals surface area contributed by atoms with E-state index in [4.69, 9.17) is 9.97 Å². The van der Waals surface area contributed by atoms with Crippen molar-refractivity contribution in [3.8, 4) is 33.9 Å². The lowest BCUT2D eigenvalue weighted by molar-refractivity contribution is 0.977. The van der Waals surface area contributed by atoms with Crippen molar-refractivity contribution in [1.29, 1.82) is 0 Å². The SMILES string of the molecule is c1ccc(-c2cc(-c3ccccc3)nc(Cc3ccc4c(c3)c3ccccc3n4-c3cccc(-n4c5ccccc5c5ccccc54)c3)n2)cc1. The van der Waals surface area contributed by atoms with Gasteiger partial charge in [0.15, 0.2) is 0 Å².